The molecule has 3 atom stereocenters. The molecule has 1 saturated carbocycles. The average Bonchev–Trinajstić information content (AvgIpc) is 3.46. The highest BCUT2D eigenvalue weighted by Gasteiger charge is 2.55. The van der Waals surface area contributed by atoms with E-state index in [1.165, 1.54) is 20.3 Å². The summed E-state index contributed by atoms with van der Waals surface area (Å²) in [4.78, 5) is 12.9. The molecule has 12 heteroatoms. The Balaban J connectivity index is 1.45. The Hall–Kier alpha value is -3.70. The van der Waals surface area contributed by atoms with E-state index >= 15 is 0 Å². The van der Waals surface area contributed by atoms with Gasteiger partial charge in [0, 0.05) is 36.5 Å². The van der Waals surface area contributed by atoms with E-state index in [1.54, 1.807) is 23.3 Å². The number of rotatable bonds is 6. The first-order valence-electron chi connectivity index (χ1n) is 10.7. The van der Waals surface area contributed by atoms with E-state index in [0.717, 1.165) is 18.0 Å². The van der Waals surface area contributed by atoms with Gasteiger partial charge in [-0.15, -0.1) is 13.2 Å². The third kappa shape index (κ3) is 4.17. The van der Waals surface area contributed by atoms with Gasteiger partial charge in [-0.2, -0.15) is 10.1 Å². The number of hydrogen-bond donors (Lipinski definition) is 0. The van der Waals surface area contributed by atoms with E-state index in [1.807, 2.05) is 6.92 Å². The lowest BCUT2D eigenvalue weighted by Crippen LogP contribution is -2.36. The summed E-state index contributed by atoms with van der Waals surface area (Å²) in [5, 5.41) is 4.68. The maximum Gasteiger partial charge on any atom is 0.573 e. The number of alkyl halides is 3. The van der Waals surface area contributed by atoms with Gasteiger partial charge < -0.3 is 14.2 Å². The van der Waals surface area contributed by atoms with E-state index in [2.05, 4.69) is 24.8 Å². The lowest BCUT2D eigenvalue weighted by atomic mass is 9.76. The minimum atomic E-state index is -4.88. The summed E-state index contributed by atoms with van der Waals surface area (Å²) in [6.45, 7) is 2.03. The van der Waals surface area contributed by atoms with Crippen LogP contribution in [0.2, 0.25) is 0 Å². The number of hydrogen-bond acceptors (Lipinski definition) is 7. The van der Waals surface area contributed by atoms with E-state index < -0.39 is 23.3 Å². The van der Waals surface area contributed by atoms with Crippen molar-refractivity contribution in [2.45, 2.75) is 37.5 Å². The summed E-state index contributed by atoms with van der Waals surface area (Å²) >= 11 is 0. The molecule has 3 aromatic rings. The Morgan fingerprint density at radius 1 is 1.14 bits per heavy atom. The topological polar surface area (TPSA) is 83.7 Å². The number of fused-ring (bicyclic) bond motifs is 1. The van der Waals surface area contributed by atoms with Gasteiger partial charge in [-0.05, 0) is 29.9 Å². The standard InChI is InChI=1S/C23H21F4N5O3/c1-22(16-9-14(16)13-5-4-12(8-17(13)24)35-23(25,26)27)10-18(31-32-7-6-28-20(22)32)15-11-29-21(34-3)30-19(15)33-2/h4-8,11,14,16H,9-10H2,1-3H3/t14-,16+,22?/m1/s1. The van der Waals surface area contributed by atoms with Crippen LogP contribution in [0.15, 0.2) is 41.9 Å². The van der Waals surface area contributed by atoms with Crippen LogP contribution in [0.3, 0.4) is 0 Å². The summed E-state index contributed by atoms with van der Waals surface area (Å²) in [7, 11) is 2.94. The van der Waals surface area contributed by atoms with Crippen molar-refractivity contribution in [3.63, 3.8) is 0 Å². The second kappa shape index (κ2) is 8.21. The third-order valence-corrected chi connectivity index (χ3v) is 6.53. The van der Waals surface area contributed by atoms with Crippen molar-refractivity contribution in [1.82, 2.24) is 19.6 Å². The molecule has 0 radical (unpaired) electrons. The van der Waals surface area contributed by atoms with Crippen LogP contribution in [-0.2, 0) is 5.41 Å². The molecule has 2 aliphatic rings. The summed E-state index contributed by atoms with van der Waals surface area (Å²) in [6, 6.07) is 3.42. The van der Waals surface area contributed by atoms with Crippen molar-refractivity contribution in [1.29, 1.82) is 0 Å². The quantitative estimate of drug-likeness (QED) is 0.474. The molecule has 1 aromatic carbocycles. The van der Waals surface area contributed by atoms with Crippen molar-refractivity contribution in [2.75, 3.05) is 14.2 Å². The Morgan fingerprint density at radius 2 is 1.94 bits per heavy atom. The molecule has 0 amide bonds. The third-order valence-electron chi connectivity index (χ3n) is 6.53. The zero-order chi connectivity index (χ0) is 25.0. The van der Waals surface area contributed by atoms with Gasteiger partial charge in [0.25, 0.3) is 0 Å². The summed E-state index contributed by atoms with van der Waals surface area (Å²) in [6.07, 6.45) is 1.16. The zero-order valence-corrected chi connectivity index (χ0v) is 19.0. The van der Waals surface area contributed by atoms with Gasteiger partial charge in [-0.25, -0.2) is 19.0 Å². The van der Waals surface area contributed by atoms with Crippen LogP contribution in [0.5, 0.6) is 17.6 Å². The second-order valence-electron chi connectivity index (χ2n) is 8.70. The predicted octanol–water partition coefficient (Wildman–Crippen LogP) is 4.45. The number of nitrogens with zero attached hydrogens (tertiary/aromatic N) is 5. The van der Waals surface area contributed by atoms with Crippen molar-refractivity contribution in [2.24, 2.45) is 11.0 Å². The number of benzene rings is 1. The molecule has 0 saturated heterocycles. The fraction of sp³-hybridized carbons (Fsp3) is 0.391. The number of aromatic nitrogens is 4. The van der Waals surface area contributed by atoms with Crippen LogP contribution in [0.1, 0.15) is 42.6 Å². The van der Waals surface area contributed by atoms with Crippen molar-refractivity contribution in [3.05, 3.63) is 59.6 Å². The smallest absolute Gasteiger partial charge is 0.480 e. The zero-order valence-electron chi connectivity index (χ0n) is 19.0. The lowest BCUT2D eigenvalue weighted by Gasteiger charge is -2.33. The molecule has 1 fully saturated rings. The van der Waals surface area contributed by atoms with Crippen molar-refractivity contribution >= 4 is 5.71 Å². The van der Waals surface area contributed by atoms with E-state index in [9.17, 15) is 17.6 Å². The first kappa shape index (κ1) is 23.1. The molecule has 35 heavy (non-hydrogen) atoms. The van der Waals surface area contributed by atoms with Gasteiger partial charge in [0.15, 0.2) is 0 Å². The molecule has 0 spiro atoms. The van der Waals surface area contributed by atoms with Gasteiger partial charge in [-0.1, -0.05) is 13.0 Å². The number of methoxy groups -OCH3 is 2. The van der Waals surface area contributed by atoms with Gasteiger partial charge >= 0.3 is 12.4 Å². The summed E-state index contributed by atoms with van der Waals surface area (Å²) < 4.78 is 68.3. The molecule has 1 unspecified atom stereocenters. The Kier molecular flexibility index (Phi) is 5.41. The van der Waals surface area contributed by atoms with Crippen LogP contribution in [0.4, 0.5) is 17.6 Å². The molecule has 1 aliphatic carbocycles. The average molecular weight is 491 g/mol. The van der Waals surface area contributed by atoms with Gasteiger partial charge in [0.1, 0.15) is 17.4 Å². The molecular formula is C23H21F4N5O3. The van der Waals surface area contributed by atoms with Crippen molar-refractivity contribution < 1.29 is 31.8 Å². The minimum Gasteiger partial charge on any atom is -0.480 e. The fourth-order valence-electron chi connectivity index (χ4n) is 4.88. The van der Waals surface area contributed by atoms with Gasteiger partial charge in [0.2, 0.25) is 5.88 Å². The Morgan fingerprint density at radius 3 is 2.63 bits per heavy atom. The molecule has 8 nitrogen and oxygen atoms in total. The number of ether oxygens (including phenoxy) is 3. The fourth-order valence-corrected chi connectivity index (χ4v) is 4.88. The summed E-state index contributed by atoms with van der Waals surface area (Å²) in [5.74, 6) is -0.515. The minimum absolute atomic E-state index is 0.0248. The molecule has 1 aliphatic heterocycles. The Labute approximate surface area is 197 Å². The molecule has 0 N–H and O–H groups in total. The van der Waals surface area contributed by atoms with Gasteiger partial charge in [0.05, 0.1) is 25.5 Å². The first-order chi connectivity index (χ1) is 16.6. The first-order valence-corrected chi connectivity index (χ1v) is 10.7. The van der Waals surface area contributed by atoms with Crippen LogP contribution in [0, 0.1) is 11.7 Å². The van der Waals surface area contributed by atoms with E-state index in [4.69, 9.17) is 9.47 Å². The number of imidazole rings is 1. The normalized spacial score (nSPS) is 23.3. The monoisotopic (exact) mass is 491 g/mol. The van der Waals surface area contributed by atoms with Crippen molar-refractivity contribution in [3.8, 4) is 17.6 Å². The maximum atomic E-state index is 14.8. The molecule has 2 aromatic heterocycles. The van der Waals surface area contributed by atoms with E-state index in [0.29, 0.717) is 35.6 Å². The summed E-state index contributed by atoms with van der Waals surface area (Å²) in [5.41, 5.74) is 1.07. The second-order valence-corrected chi connectivity index (χ2v) is 8.70. The highest BCUT2D eigenvalue weighted by atomic mass is 19.4. The van der Waals surface area contributed by atoms with Crippen LogP contribution in [0.25, 0.3) is 0 Å². The molecule has 3 heterocycles. The molecule has 184 valence electrons. The highest BCUT2D eigenvalue weighted by Crippen LogP contribution is 2.60. The molecular weight excluding hydrogens is 470 g/mol. The molecule has 0 bridgehead atoms. The largest absolute Gasteiger partial charge is 0.573 e. The maximum absolute atomic E-state index is 14.8. The Bertz CT molecular complexity index is 1310. The SMILES string of the molecule is COc1ncc(C2=Nn3ccnc3C(C)([C@H]3C[C@@H]3c3ccc(OC(F)(F)F)cc3F)C2)c(OC)n1. The van der Waals surface area contributed by atoms with Gasteiger partial charge in [-0.3, -0.25) is 0 Å². The van der Waals surface area contributed by atoms with E-state index in [-0.39, 0.29) is 17.8 Å². The predicted molar refractivity (Wildman–Crippen MR) is 115 cm³/mol. The van der Waals surface area contributed by atoms with Crippen LogP contribution in [-0.4, -0.2) is 45.9 Å². The lowest BCUT2D eigenvalue weighted by molar-refractivity contribution is -0.274. The number of halogens is 4. The molecule has 5 rings (SSSR count). The van der Waals surface area contributed by atoms with Crippen LogP contribution >= 0.6 is 0 Å². The highest BCUT2D eigenvalue weighted by molar-refractivity contribution is 6.03. The van der Waals surface area contributed by atoms with Crippen LogP contribution < -0.4 is 14.2 Å².